The minimum absolute atomic E-state index is 0.112. The topological polar surface area (TPSA) is 94.0 Å². The van der Waals surface area contributed by atoms with Gasteiger partial charge in [0.1, 0.15) is 17.3 Å². The normalized spacial score (nSPS) is 15.7. The van der Waals surface area contributed by atoms with Crippen molar-refractivity contribution in [2.24, 2.45) is 0 Å². The van der Waals surface area contributed by atoms with Gasteiger partial charge >= 0.3 is 6.03 Å². The molecule has 0 aromatic heterocycles. The zero-order valence-corrected chi connectivity index (χ0v) is 19.4. The van der Waals surface area contributed by atoms with Crippen LogP contribution in [0.15, 0.2) is 76.0 Å². The first-order valence-electron chi connectivity index (χ1n) is 10.7. The Balaban J connectivity index is 1.60. The first-order valence-corrected chi connectivity index (χ1v) is 11.5. The van der Waals surface area contributed by atoms with Crippen LogP contribution in [0.5, 0.6) is 11.5 Å². The number of imide groups is 2. The number of rotatable bonds is 1. The van der Waals surface area contributed by atoms with Gasteiger partial charge in [0.05, 0.1) is 16.9 Å². The summed E-state index contributed by atoms with van der Waals surface area (Å²) in [6.07, 6.45) is 0. The lowest BCUT2D eigenvalue weighted by molar-refractivity contribution is -0.134. The minimum Gasteiger partial charge on any atom is -0.453 e. The summed E-state index contributed by atoms with van der Waals surface area (Å²) in [7, 11) is 2.56. The summed E-state index contributed by atoms with van der Waals surface area (Å²) in [5.74, 6) is -0.482. The van der Waals surface area contributed by atoms with E-state index < -0.39 is 17.8 Å². The van der Waals surface area contributed by atoms with E-state index in [4.69, 9.17) is 4.74 Å². The number of carbonyl (C=O) groups excluding carboxylic acids is 3. The maximum absolute atomic E-state index is 12.9. The van der Waals surface area contributed by atoms with Crippen LogP contribution in [-0.2, 0) is 9.59 Å². The van der Waals surface area contributed by atoms with E-state index in [0.29, 0.717) is 17.1 Å². The number of nitrogens with zero attached hydrogens (tertiary/aromatic N) is 4. The van der Waals surface area contributed by atoms with Crippen LogP contribution in [0.3, 0.4) is 0 Å². The Bertz CT molecular complexity index is 1480. The summed E-state index contributed by atoms with van der Waals surface area (Å²) >= 11 is 1.52. The summed E-state index contributed by atoms with van der Waals surface area (Å²) < 4.78 is 6.24. The van der Waals surface area contributed by atoms with Crippen LogP contribution in [-0.4, -0.2) is 41.7 Å². The molecule has 8 nitrogen and oxygen atoms in total. The predicted octanol–water partition coefficient (Wildman–Crippen LogP) is 5.05. The molecule has 3 aromatic rings. The monoisotopic (exact) mass is 480 g/mol. The minimum atomic E-state index is -0.813. The van der Waals surface area contributed by atoms with E-state index in [1.807, 2.05) is 54.6 Å². The lowest BCUT2D eigenvalue weighted by Gasteiger charge is -2.38. The third kappa shape index (κ3) is 2.90. The van der Waals surface area contributed by atoms with E-state index >= 15 is 0 Å². The number of hydrogen-bond acceptors (Lipinski definition) is 7. The molecule has 35 heavy (non-hydrogen) atoms. The standard InChI is InChI=1S/C26H16N4O4S/c1-28-24(31)22(25(32)29(2)26(28)33)15(13-27)14-11-19-23-21(12-14)35-20-10-6-4-8-17(20)30(23)16-7-3-5-9-18(16)34-19/h3-12H,1-2H3. The van der Waals surface area contributed by atoms with Gasteiger partial charge in [-0.05, 0) is 42.0 Å². The van der Waals surface area contributed by atoms with Gasteiger partial charge in [0.2, 0.25) is 0 Å². The van der Waals surface area contributed by atoms with Crippen molar-refractivity contribution in [3.63, 3.8) is 0 Å². The van der Waals surface area contributed by atoms with Crippen molar-refractivity contribution in [3.8, 4) is 17.6 Å². The molecule has 1 saturated heterocycles. The Kier molecular flexibility index (Phi) is 4.49. The number of allylic oxidation sites excluding steroid dienone is 1. The molecule has 4 amide bonds. The number of carbonyl (C=O) groups is 3. The number of ether oxygens (including phenoxy) is 1. The second kappa shape index (κ2) is 7.48. The second-order valence-corrected chi connectivity index (χ2v) is 9.25. The van der Waals surface area contributed by atoms with Crippen LogP contribution in [0.1, 0.15) is 5.56 Å². The molecule has 3 aromatic carbocycles. The summed E-state index contributed by atoms with van der Waals surface area (Å²) in [4.78, 5) is 43.6. The highest BCUT2D eigenvalue weighted by atomic mass is 32.2. The van der Waals surface area contributed by atoms with Crippen LogP contribution in [0.4, 0.5) is 21.9 Å². The van der Waals surface area contributed by atoms with E-state index in [9.17, 15) is 19.6 Å². The van der Waals surface area contributed by atoms with Gasteiger partial charge in [-0.2, -0.15) is 5.26 Å². The number of nitriles is 1. The summed E-state index contributed by atoms with van der Waals surface area (Å²) in [5, 5.41) is 10.1. The summed E-state index contributed by atoms with van der Waals surface area (Å²) in [6.45, 7) is 0. The predicted molar refractivity (Wildman–Crippen MR) is 129 cm³/mol. The quantitative estimate of drug-likeness (QED) is 0.188. The van der Waals surface area contributed by atoms with Gasteiger partial charge in [0, 0.05) is 23.9 Å². The Labute approximate surface area is 204 Å². The zero-order chi connectivity index (χ0) is 24.4. The Morgan fingerprint density at radius 1 is 0.857 bits per heavy atom. The molecule has 0 atom stereocenters. The molecular weight excluding hydrogens is 464 g/mol. The van der Waals surface area contributed by atoms with Gasteiger partial charge in [-0.15, -0.1) is 0 Å². The van der Waals surface area contributed by atoms with E-state index in [1.54, 1.807) is 12.1 Å². The largest absolute Gasteiger partial charge is 0.453 e. The van der Waals surface area contributed by atoms with Crippen molar-refractivity contribution in [1.29, 1.82) is 5.26 Å². The fourth-order valence-corrected chi connectivity index (χ4v) is 5.59. The third-order valence-corrected chi connectivity index (χ3v) is 7.27. The second-order valence-electron chi connectivity index (χ2n) is 8.17. The molecule has 3 heterocycles. The lowest BCUT2D eigenvalue weighted by atomic mass is 9.96. The van der Waals surface area contributed by atoms with Crippen LogP contribution in [0.2, 0.25) is 0 Å². The number of amides is 4. The molecule has 0 bridgehead atoms. The van der Waals surface area contributed by atoms with E-state index in [-0.39, 0.29) is 11.1 Å². The van der Waals surface area contributed by atoms with Crippen molar-refractivity contribution in [2.75, 3.05) is 19.0 Å². The van der Waals surface area contributed by atoms with Crippen LogP contribution in [0.25, 0.3) is 5.57 Å². The van der Waals surface area contributed by atoms with Gasteiger partial charge in [-0.25, -0.2) is 4.79 Å². The fourth-order valence-electron chi connectivity index (χ4n) is 4.47. The number of anilines is 3. The summed E-state index contributed by atoms with van der Waals surface area (Å²) in [6, 6.07) is 20.4. The van der Waals surface area contributed by atoms with Gasteiger partial charge in [0.25, 0.3) is 11.8 Å². The highest BCUT2D eigenvalue weighted by molar-refractivity contribution is 7.99. The number of likely N-dealkylation sites (N-methyl/N-ethyl adjacent to an activating group) is 2. The highest BCUT2D eigenvalue weighted by Gasteiger charge is 2.41. The number of hydrogen-bond donors (Lipinski definition) is 0. The molecule has 0 spiro atoms. The van der Waals surface area contributed by atoms with Crippen LogP contribution >= 0.6 is 11.8 Å². The molecule has 0 N–H and O–H groups in total. The van der Waals surface area contributed by atoms with E-state index in [2.05, 4.69) is 4.90 Å². The number of urea groups is 1. The van der Waals surface area contributed by atoms with Crippen LogP contribution in [0, 0.1) is 11.3 Å². The number of barbiturate groups is 1. The smallest absolute Gasteiger partial charge is 0.333 e. The molecule has 9 heteroatoms. The van der Waals surface area contributed by atoms with Crippen molar-refractivity contribution in [3.05, 3.63) is 71.8 Å². The maximum Gasteiger partial charge on any atom is 0.333 e. The lowest BCUT2D eigenvalue weighted by Crippen LogP contribution is -2.53. The van der Waals surface area contributed by atoms with Crippen molar-refractivity contribution in [2.45, 2.75) is 9.79 Å². The summed E-state index contributed by atoms with van der Waals surface area (Å²) in [5.41, 5.74) is 2.62. The third-order valence-electron chi connectivity index (χ3n) is 6.18. The SMILES string of the molecule is CN1C(=O)C(=C(C#N)c2cc3c4c(c2)Sc2ccccc2N4c2ccccc2O3)C(=O)N(C)C1=O. The van der Waals surface area contributed by atoms with Crippen molar-refractivity contribution < 1.29 is 19.1 Å². The molecule has 1 fully saturated rings. The fraction of sp³-hybridized carbons (Fsp3) is 0.0769. The highest BCUT2D eigenvalue weighted by Crippen LogP contribution is 2.60. The maximum atomic E-state index is 12.9. The first kappa shape index (κ1) is 21.0. The van der Waals surface area contributed by atoms with Gasteiger partial charge in [0.15, 0.2) is 11.5 Å². The molecule has 0 unspecified atom stereocenters. The van der Waals surface area contributed by atoms with Crippen molar-refractivity contribution >= 4 is 52.2 Å². The molecule has 0 radical (unpaired) electrons. The molecular formula is C26H16N4O4S. The Morgan fingerprint density at radius 3 is 2.23 bits per heavy atom. The van der Waals surface area contributed by atoms with E-state index in [1.165, 1.54) is 25.9 Å². The zero-order valence-electron chi connectivity index (χ0n) is 18.6. The molecule has 170 valence electrons. The molecule has 0 aliphatic carbocycles. The Morgan fingerprint density at radius 2 is 1.51 bits per heavy atom. The average molecular weight is 481 g/mol. The van der Waals surface area contributed by atoms with Gasteiger partial charge in [-0.3, -0.25) is 19.4 Å². The van der Waals surface area contributed by atoms with Gasteiger partial charge < -0.3 is 9.64 Å². The molecule has 6 rings (SSSR count). The van der Waals surface area contributed by atoms with Crippen LogP contribution < -0.4 is 9.64 Å². The van der Waals surface area contributed by atoms with Crippen molar-refractivity contribution in [1.82, 2.24) is 9.80 Å². The van der Waals surface area contributed by atoms with Gasteiger partial charge in [-0.1, -0.05) is 36.0 Å². The molecule has 0 saturated carbocycles. The molecule has 3 aliphatic heterocycles. The Hall–Kier alpha value is -4.55. The number of para-hydroxylation sites is 3. The molecule has 3 aliphatic rings. The first-order chi connectivity index (χ1) is 16.9. The number of fused-ring (bicyclic) bond motifs is 4. The average Bonchev–Trinajstić information content (AvgIpc) is 2.88. The van der Waals surface area contributed by atoms with E-state index in [0.717, 1.165) is 36.7 Å². The number of benzene rings is 3.